The molecule has 1 atom stereocenters. The topological polar surface area (TPSA) is 61.3 Å². The number of hydrogen-bond donors (Lipinski definition) is 2. The van der Waals surface area contributed by atoms with Crippen LogP contribution in [0.4, 0.5) is 11.4 Å². The molecule has 0 fully saturated rings. The number of ether oxygens (including phenoxy) is 1. The van der Waals surface area contributed by atoms with Crippen molar-refractivity contribution in [3.8, 4) is 5.75 Å². The Bertz CT molecular complexity index is 670. The first-order valence-corrected chi connectivity index (χ1v) is 7.90. The molecule has 0 saturated carbocycles. The van der Waals surface area contributed by atoms with Gasteiger partial charge in [0.2, 0.25) is 0 Å². The minimum atomic E-state index is 0.163. The maximum absolute atomic E-state index is 6.51. The fraction of sp³-hybridized carbons (Fsp3) is 0.333. The highest BCUT2D eigenvalue weighted by molar-refractivity contribution is 6.33. The van der Waals surface area contributed by atoms with Crippen LogP contribution in [-0.2, 0) is 6.42 Å². The molecular weight excluding hydrogens is 296 g/mol. The van der Waals surface area contributed by atoms with Crippen molar-refractivity contribution in [1.29, 1.82) is 0 Å². The molecule has 0 spiro atoms. The third-order valence-electron chi connectivity index (χ3n) is 3.99. The molecule has 4 N–H and O–H groups in total. The van der Waals surface area contributed by atoms with Crippen molar-refractivity contribution in [3.05, 3.63) is 52.0 Å². The highest BCUT2D eigenvalue weighted by atomic mass is 35.5. The van der Waals surface area contributed by atoms with E-state index >= 15 is 0 Å². The molecule has 0 aliphatic rings. The summed E-state index contributed by atoms with van der Waals surface area (Å²) >= 11 is 6.51. The molecule has 2 aromatic rings. The van der Waals surface area contributed by atoms with E-state index < -0.39 is 0 Å². The van der Waals surface area contributed by atoms with Crippen LogP contribution in [0, 0.1) is 0 Å². The largest absolute Gasteiger partial charge is 0.493 e. The maximum Gasteiger partial charge on any atom is 0.160 e. The fourth-order valence-electron chi connectivity index (χ4n) is 2.85. The summed E-state index contributed by atoms with van der Waals surface area (Å²) in [6, 6.07) is 10.1. The van der Waals surface area contributed by atoms with Crippen LogP contribution in [0.1, 0.15) is 42.9 Å². The molecule has 0 bridgehead atoms. The van der Waals surface area contributed by atoms with Gasteiger partial charge in [-0.05, 0) is 47.7 Å². The second-order valence-electron chi connectivity index (χ2n) is 5.41. The molecule has 0 amide bonds. The number of methoxy groups -OCH3 is 1. The molecule has 0 heterocycles. The van der Waals surface area contributed by atoms with Crippen molar-refractivity contribution >= 4 is 23.0 Å². The van der Waals surface area contributed by atoms with Crippen LogP contribution in [-0.4, -0.2) is 7.11 Å². The zero-order valence-electron chi connectivity index (χ0n) is 13.3. The van der Waals surface area contributed by atoms with Crippen molar-refractivity contribution in [3.63, 3.8) is 0 Å². The summed E-state index contributed by atoms with van der Waals surface area (Å²) < 4.78 is 5.33. The number of halogens is 1. The molecule has 22 heavy (non-hydrogen) atoms. The average Bonchev–Trinajstić information content (AvgIpc) is 2.50. The first kappa shape index (κ1) is 16.5. The molecule has 2 aromatic carbocycles. The molecule has 3 nitrogen and oxygen atoms in total. The lowest BCUT2D eigenvalue weighted by molar-refractivity contribution is 0.416. The van der Waals surface area contributed by atoms with E-state index in [2.05, 4.69) is 19.9 Å². The van der Waals surface area contributed by atoms with Gasteiger partial charge in [-0.1, -0.05) is 37.6 Å². The Kier molecular flexibility index (Phi) is 5.19. The lowest BCUT2D eigenvalue weighted by Crippen LogP contribution is -2.05. The quantitative estimate of drug-likeness (QED) is 0.791. The normalized spacial score (nSPS) is 12.2. The zero-order chi connectivity index (χ0) is 16.3. The Morgan fingerprint density at radius 3 is 2.45 bits per heavy atom. The maximum atomic E-state index is 6.51. The summed E-state index contributed by atoms with van der Waals surface area (Å²) in [5, 5.41) is 0.579. The summed E-state index contributed by atoms with van der Waals surface area (Å²) in [6.07, 6.45) is 1.87. The van der Waals surface area contributed by atoms with Gasteiger partial charge in [0.25, 0.3) is 0 Å². The van der Waals surface area contributed by atoms with Gasteiger partial charge in [-0.15, -0.1) is 0 Å². The second-order valence-corrected chi connectivity index (χ2v) is 5.79. The van der Waals surface area contributed by atoms with Gasteiger partial charge in [0.05, 0.1) is 17.8 Å². The van der Waals surface area contributed by atoms with E-state index in [1.54, 1.807) is 7.11 Å². The standard InChI is InChI=1S/C18H23ClN2O/c1-4-11-8-12(10-13(20)9-11)14(5-2)15-6-7-16(21)18(22-3)17(15)19/h6-10,14H,4-5,20-21H2,1-3H3. The smallest absolute Gasteiger partial charge is 0.160 e. The number of aryl methyl sites for hydroxylation is 1. The summed E-state index contributed by atoms with van der Waals surface area (Å²) in [7, 11) is 1.58. The van der Waals surface area contributed by atoms with E-state index in [9.17, 15) is 0 Å². The van der Waals surface area contributed by atoms with Crippen molar-refractivity contribution < 1.29 is 4.74 Å². The Labute approximate surface area is 137 Å². The van der Waals surface area contributed by atoms with Gasteiger partial charge in [-0.2, -0.15) is 0 Å². The number of rotatable bonds is 5. The van der Waals surface area contributed by atoms with E-state index in [-0.39, 0.29) is 5.92 Å². The second kappa shape index (κ2) is 6.93. The van der Waals surface area contributed by atoms with Gasteiger partial charge in [0, 0.05) is 11.6 Å². The Hall–Kier alpha value is -1.87. The zero-order valence-corrected chi connectivity index (χ0v) is 14.1. The molecule has 2 rings (SSSR count). The molecule has 0 aromatic heterocycles. The molecule has 0 saturated heterocycles. The number of benzene rings is 2. The van der Waals surface area contributed by atoms with Gasteiger partial charge >= 0.3 is 0 Å². The van der Waals surface area contributed by atoms with Crippen LogP contribution in [0.25, 0.3) is 0 Å². The molecule has 0 radical (unpaired) electrons. The summed E-state index contributed by atoms with van der Waals surface area (Å²) in [6.45, 7) is 4.26. The predicted octanol–water partition coefficient (Wildman–Crippen LogP) is 4.62. The first-order valence-electron chi connectivity index (χ1n) is 7.52. The molecular formula is C18H23ClN2O. The number of anilines is 2. The summed E-state index contributed by atoms with van der Waals surface area (Å²) in [4.78, 5) is 0. The predicted molar refractivity (Wildman–Crippen MR) is 94.8 cm³/mol. The first-order chi connectivity index (χ1) is 10.5. The minimum Gasteiger partial charge on any atom is -0.493 e. The Morgan fingerprint density at radius 2 is 1.86 bits per heavy atom. The molecule has 118 valence electrons. The lowest BCUT2D eigenvalue weighted by Gasteiger charge is -2.21. The third kappa shape index (κ3) is 3.14. The number of hydrogen-bond acceptors (Lipinski definition) is 3. The van der Waals surface area contributed by atoms with Crippen LogP contribution in [0.15, 0.2) is 30.3 Å². The van der Waals surface area contributed by atoms with E-state index in [0.717, 1.165) is 24.1 Å². The van der Waals surface area contributed by atoms with Gasteiger partial charge in [0.1, 0.15) is 0 Å². The third-order valence-corrected chi connectivity index (χ3v) is 4.38. The molecule has 0 aliphatic heterocycles. The minimum absolute atomic E-state index is 0.163. The van der Waals surface area contributed by atoms with E-state index in [1.165, 1.54) is 11.1 Å². The lowest BCUT2D eigenvalue weighted by atomic mass is 9.87. The van der Waals surface area contributed by atoms with Crippen LogP contribution in [0.2, 0.25) is 5.02 Å². The van der Waals surface area contributed by atoms with E-state index in [0.29, 0.717) is 16.5 Å². The van der Waals surface area contributed by atoms with Gasteiger partial charge in [-0.25, -0.2) is 0 Å². The van der Waals surface area contributed by atoms with Crippen molar-refractivity contribution in [2.75, 3.05) is 18.6 Å². The summed E-state index contributed by atoms with van der Waals surface area (Å²) in [5.41, 5.74) is 16.7. The van der Waals surface area contributed by atoms with Gasteiger partial charge < -0.3 is 16.2 Å². The molecule has 1 unspecified atom stereocenters. The Morgan fingerprint density at radius 1 is 1.14 bits per heavy atom. The van der Waals surface area contributed by atoms with Gasteiger partial charge in [0.15, 0.2) is 5.75 Å². The van der Waals surface area contributed by atoms with Crippen LogP contribution in [0.3, 0.4) is 0 Å². The van der Waals surface area contributed by atoms with Crippen LogP contribution in [0.5, 0.6) is 5.75 Å². The van der Waals surface area contributed by atoms with Crippen LogP contribution >= 0.6 is 11.6 Å². The molecule has 4 heteroatoms. The monoisotopic (exact) mass is 318 g/mol. The number of nitrogens with two attached hydrogens (primary N) is 2. The van der Waals surface area contributed by atoms with E-state index in [4.69, 9.17) is 27.8 Å². The van der Waals surface area contributed by atoms with Crippen molar-refractivity contribution in [2.45, 2.75) is 32.6 Å². The van der Waals surface area contributed by atoms with Gasteiger partial charge in [-0.3, -0.25) is 0 Å². The van der Waals surface area contributed by atoms with Crippen molar-refractivity contribution in [2.24, 2.45) is 0 Å². The molecule has 0 aliphatic carbocycles. The fourth-order valence-corrected chi connectivity index (χ4v) is 3.23. The SMILES string of the molecule is CCc1cc(N)cc(C(CC)c2ccc(N)c(OC)c2Cl)c1. The van der Waals surface area contributed by atoms with Crippen molar-refractivity contribution in [1.82, 2.24) is 0 Å². The van der Waals surface area contributed by atoms with Crippen LogP contribution < -0.4 is 16.2 Å². The average molecular weight is 319 g/mol. The summed E-state index contributed by atoms with van der Waals surface area (Å²) in [5.74, 6) is 0.702. The Balaban J connectivity index is 2.56. The van der Waals surface area contributed by atoms with E-state index in [1.807, 2.05) is 24.3 Å². The highest BCUT2D eigenvalue weighted by Gasteiger charge is 2.20. The number of nitrogen functional groups attached to an aromatic ring is 2. The highest BCUT2D eigenvalue weighted by Crippen LogP contribution is 2.41.